The number of carbonyl (C=O) groups excluding carboxylic acids is 1. The highest BCUT2D eigenvalue weighted by Gasteiger charge is 2.21. The first-order valence-corrected chi connectivity index (χ1v) is 4.68. The van der Waals surface area contributed by atoms with Gasteiger partial charge >= 0.3 is 5.97 Å². The molecule has 0 aliphatic rings. The smallest absolute Gasteiger partial charge is 0.356 e. The van der Waals surface area contributed by atoms with Crippen LogP contribution in [0.3, 0.4) is 0 Å². The number of esters is 1. The molecule has 0 bridgehead atoms. The lowest BCUT2D eigenvalue weighted by Crippen LogP contribution is -2.27. The Morgan fingerprint density at radius 1 is 1.57 bits per heavy atom. The molecule has 0 saturated heterocycles. The van der Waals surface area contributed by atoms with Crippen molar-refractivity contribution in [3.63, 3.8) is 0 Å². The van der Waals surface area contributed by atoms with Gasteiger partial charge in [-0.15, -0.1) is 0 Å². The predicted molar refractivity (Wildman–Crippen MR) is 53.2 cm³/mol. The van der Waals surface area contributed by atoms with Gasteiger partial charge in [0.1, 0.15) is 5.69 Å². The summed E-state index contributed by atoms with van der Waals surface area (Å²) in [6, 6.07) is 1.67. The van der Waals surface area contributed by atoms with Crippen molar-refractivity contribution in [2.75, 3.05) is 6.61 Å². The summed E-state index contributed by atoms with van der Waals surface area (Å²) in [6.45, 7) is 8.14. The molecular weight excluding hydrogens is 180 g/mol. The van der Waals surface area contributed by atoms with Gasteiger partial charge in [0.05, 0.1) is 12.1 Å². The van der Waals surface area contributed by atoms with E-state index in [1.165, 1.54) is 0 Å². The normalized spacial score (nSPS) is 11.4. The van der Waals surface area contributed by atoms with Gasteiger partial charge in [-0.1, -0.05) is 0 Å². The minimum Gasteiger partial charge on any atom is -0.461 e. The standard InChI is InChI=1S/C10H16N2O2/c1-5-14-9(13)8-6-7-11-12(8)10(2,3)4/h6-7H,5H2,1-4H3. The molecule has 1 rings (SSSR count). The molecule has 1 aromatic rings. The summed E-state index contributed by atoms with van der Waals surface area (Å²) in [5.41, 5.74) is 0.297. The van der Waals surface area contributed by atoms with E-state index in [1.807, 2.05) is 20.8 Å². The average Bonchev–Trinajstić information content (AvgIpc) is 2.50. The van der Waals surface area contributed by atoms with E-state index in [9.17, 15) is 4.79 Å². The summed E-state index contributed by atoms with van der Waals surface area (Å²) >= 11 is 0. The molecule has 0 aliphatic carbocycles. The van der Waals surface area contributed by atoms with Crippen LogP contribution in [-0.4, -0.2) is 22.4 Å². The van der Waals surface area contributed by atoms with Gasteiger partial charge in [-0.2, -0.15) is 5.10 Å². The summed E-state index contributed by atoms with van der Waals surface area (Å²) < 4.78 is 6.59. The van der Waals surface area contributed by atoms with Gasteiger partial charge in [-0.3, -0.25) is 4.68 Å². The lowest BCUT2D eigenvalue weighted by molar-refractivity contribution is 0.0503. The first-order chi connectivity index (χ1) is 6.46. The van der Waals surface area contributed by atoms with Crippen LogP contribution in [0.2, 0.25) is 0 Å². The van der Waals surface area contributed by atoms with Crippen molar-refractivity contribution in [2.24, 2.45) is 0 Å². The lowest BCUT2D eigenvalue weighted by atomic mass is 10.1. The number of nitrogens with zero attached hydrogens (tertiary/aromatic N) is 2. The van der Waals surface area contributed by atoms with Crippen LogP contribution in [0, 0.1) is 0 Å². The molecule has 0 atom stereocenters. The van der Waals surface area contributed by atoms with Crippen molar-refractivity contribution >= 4 is 5.97 Å². The Kier molecular flexibility index (Phi) is 2.93. The molecule has 0 fully saturated rings. The van der Waals surface area contributed by atoms with Crippen molar-refractivity contribution in [3.05, 3.63) is 18.0 Å². The Labute approximate surface area is 83.9 Å². The topological polar surface area (TPSA) is 44.1 Å². The molecular formula is C10H16N2O2. The first-order valence-electron chi connectivity index (χ1n) is 4.68. The molecule has 0 N–H and O–H groups in total. The van der Waals surface area contributed by atoms with Crippen LogP contribution in [0.5, 0.6) is 0 Å². The molecule has 1 heterocycles. The van der Waals surface area contributed by atoms with E-state index in [2.05, 4.69) is 5.10 Å². The van der Waals surface area contributed by atoms with Crippen molar-refractivity contribution in [3.8, 4) is 0 Å². The second-order valence-corrected chi connectivity index (χ2v) is 4.02. The molecule has 0 radical (unpaired) electrons. The molecule has 4 nitrogen and oxygen atoms in total. The second-order valence-electron chi connectivity index (χ2n) is 4.02. The zero-order valence-corrected chi connectivity index (χ0v) is 9.07. The van der Waals surface area contributed by atoms with E-state index >= 15 is 0 Å². The lowest BCUT2D eigenvalue weighted by Gasteiger charge is -2.21. The number of hydrogen-bond donors (Lipinski definition) is 0. The van der Waals surface area contributed by atoms with Crippen LogP contribution in [0.25, 0.3) is 0 Å². The fourth-order valence-electron chi connectivity index (χ4n) is 1.20. The molecule has 1 aromatic heterocycles. The molecule has 0 aromatic carbocycles. The largest absolute Gasteiger partial charge is 0.461 e. The molecule has 0 unspecified atom stereocenters. The Morgan fingerprint density at radius 3 is 2.71 bits per heavy atom. The highest BCUT2D eigenvalue weighted by atomic mass is 16.5. The van der Waals surface area contributed by atoms with Gasteiger partial charge < -0.3 is 4.74 Å². The second kappa shape index (κ2) is 3.82. The maximum atomic E-state index is 11.5. The van der Waals surface area contributed by atoms with Crippen molar-refractivity contribution < 1.29 is 9.53 Å². The number of rotatable bonds is 2. The fraction of sp³-hybridized carbons (Fsp3) is 0.600. The Morgan fingerprint density at radius 2 is 2.21 bits per heavy atom. The van der Waals surface area contributed by atoms with E-state index < -0.39 is 0 Å². The van der Waals surface area contributed by atoms with Crippen molar-refractivity contribution in [1.29, 1.82) is 0 Å². The number of ether oxygens (including phenoxy) is 1. The molecule has 0 spiro atoms. The van der Waals surface area contributed by atoms with Gasteiger partial charge in [-0.05, 0) is 33.8 Å². The minimum absolute atomic E-state index is 0.203. The maximum Gasteiger partial charge on any atom is 0.356 e. The van der Waals surface area contributed by atoms with Crippen molar-refractivity contribution in [1.82, 2.24) is 9.78 Å². The fourth-order valence-corrected chi connectivity index (χ4v) is 1.20. The van der Waals surface area contributed by atoms with Gasteiger partial charge in [-0.25, -0.2) is 4.79 Å². The third-order valence-corrected chi connectivity index (χ3v) is 1.76. The molecule has 78 valence electrons. The third kappa shape index (κ3) is 2.13. The predicted octanol–water partition coefficient (Wildman–Crippen LogP) is 1.81. The van der Waals surface area contributed by atoms with Crippen LogP contribution in [0.15, 0.2) is 12.3 Å². The maximum absolute atomic E-state index is 11.5. The van der Waals surface area contributed by atoms with E-state index in [4.69, 9.17) is 4.74 Å². The van der Waals surface area contributed by atoms with Crippen LogP contribution in [0.1, 0.15) is 38.2 Å². The zero-order valence-electron chi connectivity index (χ0n) is 9.07. The zero-order chi connectivity index (χ0) is 10.8. The molecule has 4 heteroatoms. The Hall–Kier alpha value is -1.32. The van der Waals surface area contributed by atoms with E-state index in [1.54, 1.807) is 23.9 Å². The number of carbonyl (C=O) groups is 1. The monoisotopic (exact) mass is 196 g/mol. The Bertz CT molecular complexity index is 323. The van der Waals surface area contributed by atoms with Crippen molar-refractivity contribution in [2.45, 2.75) is 33.2 Å². The third-order valence-electron chi connectivity index (χ3n) is 1.76. The van der Waals surface area contributed by atoms with E-state index in [0.717, 1.165) is 0 Å². The minimum atomic E-state index is -0.320. The molecule has 0 amide bonds. The summed E-state index contributed by atoms with van der Waals surface area (Å²) in [7, 11) is 0. The molecule has 14 heavy (non-hydrogen) atoms. The first kappa shape index (κ1) is 10.8. The van der Waals surface area contributed by atoms with E-state index in [0.29, 0.717) is 12.3 Å². The summed E-state index contributed by atoms with van der Waals surface area (Å²) in [5, 5.41) is 4.11. The van der Waals surface area contributed by atoms with Crippen LogP contribution in [0.4, 0.5) is 0 Å². The highest BCUT2D eigenvalue weighted by Crippen LogP contribution is 2.15. The number of aromatic nitrogens is 2. The Balaban J connectivity index is 2.99. The van der Waals surface area contributed by atoms with Gasteiger partial charge in [0.25, 0.3) is 0 Å². The SMILES string of the molecule is CCOC(=O)c1ccnn1C(C)(C)C. The summed E-state index contributed by atoms with van der Waals surface area (Å²) in [6.07, 6.45) is 1.61. The van der Waals surface area contributed by atoms with E-state index in [-0.39, 0.29) is 11.5 Å². The summed E-state index contributed by atoms with van der Waals surface area (Å²) in [5.74, 6) is -0.320. The van der Waals surface area contributed by atoms with Gasteiger partial charge in [0.2, 0.25) is 0 Å². The summed E-state index contributed by atoms with van der Waals surface area (Å²) in [4.78, 5) is 11.5. The molecule has 0 aliphatic heterocycles. The average molecular weight is 196 g/mol. The van der Waals surface area contributed by atoms with Gasteiger partial charge in [0, 0.05) is 6.20 Å². The van der Waals surface area contributed by atoms with Crippen LogP contribution >= 0.6 is 0 Å². The van der Waals surface area contributed by atoms with Crippen LogP contribution in [-0.2, 0) is 10.3 Å². The number of hydrogen-bond acceptors (Lipinski definition) is 3. The quantitative estimate of drug-likeness (QED) is 0.677. The van der Waals surface area contributed by atoms with Crippen LogP contribution < -0.4 is 0 Å². The highest BCUT2D eigenvalue weighted by molar-refractivity contribution is 5.87. The van der Waals surface area contributed by atoms with Gasteiger partial charge in [0.15, 0.2) is 0 Å². The molecule has 0 saturated carbocycles.